The normalized spacial score (nSPS) is 11.6. The molecule has 146 valence electrons. The number of halogens is 8. The molecule has 0 atom stereocenters. The highest BCUT2D eigenvalue weighted by atomic mass is 19.5. The fourth-order valence-corrected chi connectivity index (χ4v) is 2.18. The molecule has 15 heteroatoms. The lowest BCUT2D eigenvalue weighted by Gasteiger charge is -1.95. The summed E-state index contributed by atoms with van der Waals surface area (Å²) in [6, 6.07) is 9.81. The lowest BCUT2D eigenvalue weighted by atomic mass is 10.1. The van der Waals surface area contributed by atoms with E-state index in [4.69, 9.17) is 10.8 Å². The SMILES string of the molecule is F[B-](F)(F)F.F[B-](F)(F)F.N#[N+]c1ccc2c(c1)C(=O)c1cc([N+]#N)ccc1-2. The number of ketones is 1. The Morgan fingerprint density at radius 3 is 1.14 bits per heavy atom. The summed E-state index contributed by atoms with van der Waals surface area (Å²) in [5.74, 6) is -0.156. The molecule has 0 amide bonds. The predicted molar refractivity (Wildman–Crippen MR) is 85.2 cm³/mol. The molecule has 0 aromatic heterocycles. The second-order valence-corrected chi connectivity index (χ2v) is 4.98. The summed E-state index contributed by atoms with van der Waals surface area (Å²) in [5.41, 5.74) is 3.26. The van der Waals surface area contributed by atoms with Crippen LogP contribution in [0.2, 0.25) is 0 Å². The van der Waals surface area contributed by atoms with Crippen molar-refractivity contribution < 1.29 is 39.3 Å². The lowest BCUT2D eigenvalue weighted by molar-refractivity contribution is 0.104. The summed E-state index contributed by atoms with van der Waals surface area (Å²) in [6.07, 6.45) is 0. The zero-order valence-corrected chi connectivity index (χ0v) is 13.3. The minimum atomic E-state index is -6.00. The average Bonchev–Trinajstić information content (AvgIpc) is 2.83. The second-order valence-electron chi connectivity index (χ2n) is 4.98. The highest BCUT2D eigenvalue weighted by Crippen LogP contribution is 2.39. The minimum Gasteiger partial charge on any atom is -0.418 e. The predicted octanol–water partition coefficient (Wildman–Crippen LogP) is 6.47. The van der Waals surface area contributed by atoms with Crippen LogP contribution in [0.15, 0.2) is 36.4 Å². The molecule has 0 bridgehead atoms. The van der Waals surface area contributed by atoms with Gasteiger partial charge in [0.05, 0.1) is 0 Å². The molecule has 2 aromatic rings. The van der Waals surface area contributed by atoms with Gasteiger partial charge < -0.3 is 34.5 Å². The third-order valence-electron chi connectivity index (χ3n) is 3.02. The van der Waals surface area contributed by atoms with Gasteiger partial charge in [-0.15, -0.1) is 0 Å². The maximum Gasteiger partial charge on any atom is 0.673 e. The third kappa shape index (κ3) is 7.03. The molecule has 5 nitrogen and oxygen atoms in total. The Kier molecular flexibility index (Phi) is 6.83. The molecule has 0 spiro atoms. The number of carbonyl (C=O) groups is 1. The quantitative estimate of drug-likeness (QED) is 0.243. The van der Waals surface area contributed by atoms with Crippen LogP contribution in [-0.2, 0) is 0 Å². The molecule has 3 rings (SSSR count). The Labute approximate surface area is 151 Å². The average molecular weight is 408 g/mol. The Hall–Kier alpha value is -3.48. The fraction of sp³-hybridized carbons (Fsp3) is 0. The first-order valence-corrected chi connectivity index (χ1v) is 7.02. The summed E-state index contributed by atoms with van der Waals surface area (Å²) < 4.78 is 78.0. The number of fused-ring (bicyclic) bond motifs is 3. The zero-order chi connectivity index (χ0) is 21.7. The summed E-state index contributed by atoms with van der Waals surface area (Å²) in [7, 11) is -12.0. The largest absolute Gasteiger partial charge is 0.673 e. The molecule has 0 heterocycles. The zero-order valence-electron chi connectivity index (χ0n) is 13.3. The van der Waals surface area contributed by atoms with Crippen LogP contribution in [-0.4, -0.2) is 20.3 Å². The van der Waals surface area contributed by atoms with Gasteiger partial charge in [-0.3, -0.25) is 4.79 Å². The van der Waals surface area contributed by atoms with Gasteiger partial charge in [0.1, 0.15) is 0 Å². The minimum absolute atomic E-state index is 0.156. The first kappa shape index (κ1) is 22.6. The monoisotopic (exact) mass is 408 g/mol. The van der Waals surface area contributed by atoms with Crippen LogP contribution in [0, 0.1) is 10.8 Å². The fourth-order valence-electron chi connectivity index (χ4n) is 2.18. The summed E-state index contributed by atoms with van der Waals surface area (Å²) in [5, 5.41) is 17.4. The van der Waals surface area contributed by atoms with E-state index < -0.39 is 14.5 Å². The van der Waals surface area contributed by atoms with Crippen molar-refractivity contribution in [1.29, 1.82) is 10.8 Å². The van der Waals surface area contributed by atoms with E-state index >= 15 is 0 Å². The van der Waals surface area contributed by atoms with Crippen LogP contribution < -0.4 is 0 Å². The topological polar surface area (TPSA) is 73.4 Å². The third-order valence-corrected chi connectivity index (χ3v) is 3.02. The van der Waals surface area contributed by atoms with Crippen molar-refractivity contribution in [2.45, 2.75) is 0 Å². The van der Waals surface area contributed by atoms with Gasteiger partial charge in [0.2, 0.25) is 10.8 Å². The van der Waals surface area contributed by atoms with Crippen molar-refractivity contribution in [1.82, 2.24) is 0 Å². The van der Waals surface area contributed by atoms with E-state index in [1.807, 2.05) is 0 Å². The maximum atomic E-state index is 12.2. The molecule has 2 aromatic carbocycles. The van der Waals surface area contributed by atoms with E-state index in [1.54, 1.807) is 24.3 Å². The standard InChI is InChI=1S/C13H6N4O.2BF4/c14-16-7-1-3-9-10-4-2-8(17-15)6-12(10)13(18)11(9)5-7;2*2-1(3,4)5/h1-6H;;/q+2;2*-1. The number of rotatable bonds is 0. The van der Waals surface area contributed by atoms with Crippen molar-refractivity contribution >= 4 is 31.7 Å². The van der Waals surface area contributed by atoms with Crippen molar-refractivity contribution in [3.8, 4) is 11.1 Å². The first-order chi connectivity index (χ1) is 12.7. The molecule has 0 saturated heterocycles. The first-order valence-electron chi connectivity index (χ1n) is 7.02. The molecular weight excluding hydrogens is 402 g/mol. The molecule has 1 aliphatic carbocycles. The van der Waals surface area contributed by atoms with Crippen molar-refractivity contribution in [2.75, 3.05) is 0 Å². The molecule has 0 aliphatic heterocycles. The molecule has 28 heavy (non-hydrogen) atoms. The van der Waals surface area contributed by atoms with Gasteiger partial charge in [-0.2, -0.15) is 0 Å². The van der Waals surface area contributed by atoms with E-state index in [0.29, 0.717) is 22.5 Å². The number of diazo groups is 2. The Morgan fingerprint density at radius 1 is 0.607 bits per heavy atom. The van der Waals surface area contributed by atoms with Gasteiger partial charge in [0, 0.05) is 35.4 Å². The van der Waals surface area contributed by atoms with Gasteiger partial charge in [-0.05, 0) is 23.3 Å². The van der Waals surface area contributed by atoms with Crippen molar-refractivity contribution in [3.63, 3.8) is 0 Å². The van der Waals surface area contributed by atoms with E-state index in [-0.39, 0.29) is 5.78 Å². The summed E-state index contributed by atoms with van der Waals surface area (Å²) >= 11 is 0. The molecule has 0 radical (unpaired) electrons. The number of benzene rings is 2. The van der Waals surface area contributed by atoms with Crippen LogP contribution in [0.5, 0.6) is 0 Å². The molecule has 0 fully saturated rings. The van der Waals surface area contributed by atoms with E-state index in [9.17, 15) is 39.3 Å². The van der Waals surface area contributed by atoms with Gasteiger partial charge in [-0.25, -0.2) is 0 Å². The Morgan fingerprint density at radius 2 is 0.893 bits per heavy atom. The second kappa shape index (κ2) is 8.47. The highest BCUT2D eigenvalue weighted by molar-refractivity contribution is 6.50. The van der Waals surface area contributed by atoms with Crippen molar-refractivity contribution in [2.24, 2.45) is 0 Å². The molecule has 0 unspecified atom stereocenters. The van der Waals surface area contributed by atoms with Crippen molar-refractivity contribution in [3.05, 3.63) is 57.5 Å². The number of hydrogen-bond donors (Lipinski definition) is 0. The Bertz CT molecular complexity index is 889. The summed E-state index contributed by atoms with van der Waals surface area (Å²) in [6.45, 7) is 0. The number of hydrogen-bond acceptors (Lipinski definition) is 3. The van der Waals surface area contributed by atoms with Gasteiger partial charge in [0.15, 0.2) is 15.7 Å². The van der Waals surface area contributed by atoms with E-state index in [1.165, 1.54) is 12.1 Å². The number of nitrogens with zero attached hydrogens (tertiary/aromatic N) is 4. The smallest absolute Gasteiger partial charge is 0.418 e. The molecule has 1 aliphatic rings. The number of carbonyl (C=O) groups excluding carboxylic acids is 1. The highest BCUT2D eigenvalue weighted by Gasteiger charge is 2.30. The van der Waals surface area contributed by atoms with Gasteiger partial charge in [-0.1, -0.05) is 0 Å². The van der Waals surface area contributed by atoms with Crippen LogP contribution in [0.4, 0.5) is 45.9 Å². The molecule has 0 N–H and O–H groups in total. The van der Waals surface area contributed by atoms with E-state index in [0.717, 1.165) is 11.1 Å². The van der Waals surface area contributed by atoms with E-state index in [2.05, 4.69) is 9.95 Å². The Balaban J connectivity index is 0.000000329. The maximum absolute atomic E-state index is 12.2. The molecular formula is C13H6B2F8N4O. The van der Waals surface area contributed by atoms with Crippen LogP contribution in [0.25, 0.3) is 21.1 Å². The summed E-state index contributed by atoms with van der Waals surface area (Å²) in [4.78, 5) is 18.3. The molecule has 0 saturated carbocycles. The van der Waals surface area contributed by atoms with Gasteiger partial charge in [0.25, 0.3) is 0 Å². The van der Waals surface area contributed by atoms with Crippen LogP contribution in [0.1, 0.15) is 15.9 Å². The lowest BCUT2D eigenvalue weighted by Crippen LogP contribution is -2.02. The van der Waals surface area contributed by atoms with Gasteiger partial charge >= 0.3 is 25.9 Å². The van der Waals surface area contributed by atoms with Crippen LogP contribution >= 0.6 is 0 Å². The van der Waals surface area contributed by atoms with Crippen LogP contribution in [0.3, 0.4) is 0 Å².